The molecule has 0 spiro atoms. The Bertz CT molecular complexity index is 649. The fourth-order valence-electron chi connectivity index (χ4n) is 1.82. The summed E-state index contributed by atoms with van der Waals surface area (Å²) in [6, 6.07) is -1.13. The van der Waals surface area contributed by atoms with Gasteiger partial charge in [0.15, 0.2) is 4.96 Å². The molecule has 0 aliphatic heterocycles. The van der Waals surface area contributed by atoms with E-state index in [4.69, 9.17) is 10.8 Å². The molecule has 0 unspecified atom stereocenters. The normalized spacial score (nSPS) is 12.2. The zero-order valence-electron chi connectivity index (χ0n) is 11.0. The van der Waals surface area contributed by atoms with Gasteiger partial charge in [0, 0.05) is 24.2 Å². The molecule has 2 rings (SSSR count). The number of imidazole rings is 1. The molecular weight excluding hydrogens is 296 g/mol. The van der Waals surface area contributed by atoms with Gasteiger partial charge in [-0.3, -0.25) is 14.0 Å². The number of hydrogen-bond acceptors (Lipinski definition) is 5. The van der Waals surface area contributed by atoms with Gasteiger partial charge in [-0.2, -0.15) is 0 Å². The van der Waals surface area contributed by atoms with Crippen molar-refractivity contribution in [2.75, 3.05) is 0 Å². The zero-order chi connectivity index (χ0) is 15.4. The van der Waals surface area contributed by atoms with Crippen LogP contribution >= 0.6 is 11.3 Å². The maximum Gasteiger partial charge on any atom is 0.326 e. The lowest BCUT2D eigenvalue weighted by molar-refractivity contribution is -0.142. The lowest BCUT2D eigenvalue weighted by Gasteiger charge is -2.13. The molecule has 2 aromatic rings. The first-order valence-corrected chi connectivity index (χ1v) is 7.05. The number of nitrogens with zero attached hydrogens (tertiary/aromatic N) is 2. The van der Waals surface area contributed by atoms with Crippen molar-refractivity contribution in [1.29, 1.82) is 0 Å². The second-order valence-corrected chi connectivity index (χ2v) is 5.34. The molecule has 8 nitrogen and oxygen atoms in total. The maximum absolute atomic E-state index is 11.8. The Morgan fingerprint density at radius 3 is 2.86 bits per heavy atom. The van der Waals surface area contributed by atoms with Crippen molar-refractivity contribution >= 4 is 34.1 Å². The van der Waals surface area contributed by atoms with Crippen LogP contribution in [0.1, 0.15) is 18.5 Å². The Morgan fingerprint density at radius 1 is 1.48 bits per heavy atom. The second-order valence-electron chi connectivity index (χ2n) is 4.47. The number of carbonyl (C=O) groups excluding carboxylic acids is 2. The van der Waals surface area contributed by atoms with Crippen molar-refractivity contribution in [3.05, 3.63) is 23.5 Å². The van der Waals surface area contributed by atoms with Crippen LogP contribution in [0.25, 0.3) is 4.96 Å². The molecule has 2 heterocycles. The smallest absolute Gasteiger partial charge is 0.326 e. The van der Waals surface area contributed by atoms with Crippen LogP contribution < -0.4 is 11.1 Å². The Balaban J connectivity index is 1.93. The summed E-state index contributed by atoms with van der Waals surface area (Å²) in [5.74, 6) is -2.27. The van der Waals surface area contributed by atoms with E-state index in [0.717, 1.165) is 4.96 Å². The molecule has 2 aromatic heterocycles. The first-order chi connectivity index (χ1) is 9.95. The summed E-state index contributed by atoms with van der Waals surface area (Å²) in [6.45, 7) is 0. The monoisotopic (exact) mass is 310 g/mol. The average molecular weight is 310 g/mol. The topological polar surface area (TPSA) is 127 Å². The van der Waals surface area contributed by atoms with Crippen LogP contribution in [0.5, 0.6) is 0 Å². The molecule has 21 heavy (non-hydrogen) atoms. The number of primary amides is 1. The van der Waals surface area contributed by atoms with Crippen LogP contribution in [0.3, 0.4) is 0 Å². The van der Waals surface area contributed by atoms with E-state index in [1.54, 1.807) is 10.6 Å². The Morgan fingerprint density at radius 2 is 2.24 bits per heavy atom. The summed E-state index contributed by atoms with van der Waals surface area (Å²) in [5, 5.41) is 13.2. The third-order valence-corrected chi connectivity index (χ3v) is 3.57. The average Bonchev–Trinajstić information content (AvgIpc) is 2.94. The fraction of sp³-hybridized carbons (Fsp3) is 0.333. The molecule has 112 valence electrons. The van der Waals surface area contributed by atoms with Crippen molar-refractivity contribution < 1.29 is 19.5 Å². The first-order valence-electron chi connectivity index (χ1n) is 6.17. The van der Waals surface area contributed by atoms with Gasteiger partial charge in [0.25, 0.3) is 0 Å². The van der Waals surface area contributed by atoms with Crippen LogP contribution in [-0.4, -0.2) is 38.3 Å². The first kappa shape index (κ1) is 15.0. The van der Waals surface area contributed by atoms with E-state index in [9.17, 15) is 14.4 Å². The summed E-state index contributed by atoms with van der Waals surface area (Å²) >= 11 is 1.44. The van der Waals surface area contributed by atoms with Crippen molar-refractivity contribution in [3.8, 4) is 0 Å². The predicted molar refractivity (Wildman–Crippen MR) is 74.8 cm³/mol. The number of thiazole rings is 1. The predicted octanol–water partition coefficient (Wildman–Crippen LogP) is -0.227. The molecule has 0 radical (unpaired) electrons. The molecule has 0 saturated heterocycles. The number of hydrogen-bond donors (Lipinski definition) is 3. The SMILES string of the molecule is NC(=O)CC[C@@H](NC(=O)Cc1cn2ccsc2n1)C(=O)O. The lowest BCUT2D eigenvalue weighted by atomic mass is 10.1. The van der Waals surface area contributed by atoms with Crippen LogP contribution in [0.2, 0.25) is 0 Å². The molecule has 0 aliphatic carbocycles. The van der Waals surface area contributed by atoms with E-state index in [-0.39, 0.29) is 19.3 Å². The highest BCUT2D eigenvalue weighted by Crippen LogP contribution is 2.11. The van der Waals surface area contributed by atoms with Crippen LogP contribution in [-0.2, 0) is 20.8 Å². The van der Waals surface area contributed by atoms with Gasteiger partial charge in [-0.05, 0) is 6.42 Å². The molecule has 0 fully saturated rings. The van der Waals surface area contributed by atoms with E-state index < -0.39 is 23.8 Å². The molecule has 1 atom stereocenters. The molecule has 0 bridgehead atoms. The zero-order valence-corrected chi connectivity index (χ0v) is 11.8. The summed E-state index contributed by atoms with van der Waals surface area (Å²) in [5.41, 5.74) is 5.52. The third-order valence-electron chi connectivity index (χ3n) is 2.80. The highest BCUT2D eigenvalue weighted by atomic mass is 32.1. The van der Waals surface area contributed by atoms with Gasteiger partial charge in [-0.15, -0.1) is 11.3 Å². The maximum atomic E-state index is 11.8. The van der Waals surface area contributed by atoms with E-state index >= 15 is 0 Å². The summed E-state index contributed by atoms with van der Waals surface area (Å²) in [7, 11) is 0. The molecule has 4 N–H and O–H groups in total. The highest BCUT2D eigenvalue weighted by Gasteiger charge is 2.21. The van der Waals surface area contributed by atoms with Gasteiger partial charge in [-0.1, -0.05) is 0 Å². The number of carbonyl (C=O) groups is 3. The number of aliphatic carboxylic acids is 1. The Hall–Kier alpha value is -2.42. The molecule has 2 amide bonds. The van der Waals surface area contributed by atoms with Crippen LogP contribution in [0.4, 0.5) is 0 Å². The molecule has 0 aliphatic rings. The van der Waals surface area contributed by atoms with Crippen LogP contribution in [0.15, 0.2) is 17.8 Å². The van der Waals surface area contributed by atoms with Crippen molar-refractivity contribution in [2.45, 2.75) is 25.3 Å². The number of amides is 2. The molecule has 9 heteroatoms. The number of nitrogens with one attached hydrogen (secondary N) is 1. The fourth-order valence-corrected chi connectivity index (χ4v) is 2.53. The Kier molecular flexibility index (Phi) is 4.53. The number of aromatic nitrogens is 2. The minimum Gasteiger partial charge on any atom is -0.480 e. The van der Waals surface area contributed by atoms with Gasteiger partial charge in [-0.25, -0.2) is 9.78 Å². The van der Waals surface area contributed by atoms with E-state index in [1.165, 1.54) is 11.3 Å². The van der Waals surface area contributed by atoms with Crippen molar-refractivity contribution in [3.63, 3.8) is 0 Å². The lowest BCUT2D eigenvalue weighted by Crippen LogP contribution is -2.42. The van der Waals surface area contributed by atoms with Crippen molar-refractivity contribution in [2.24, 2.45) is 5.73 Å². The quantitative estimate of drug-likeness (QED) is 0.651. The highest BCUT2D eigenvalue weighted by molar-refractivity contribution is 7.15. The number of fused-ring (bicyclic) bond motifs is 1. The number of carboxylic acids is 1. The summed E-state index contributed by atoms with van der Waals surface area (Å²) < 4.78 is 1.79. The van der Waals surface area contributed by atoms with Gasteiger partial charge < -0.3 is 16.2 Å². The van der Waals surface area contributed by atoms with Gasteiger partial charge in [0.1, 0.15) is 6.04 Å². The van der Waals surface area contributed by atoms with E-state index in [0.29, 0.717) is 5.69 Å². The standard InChI is InChI=1S/C12H14N4O4S/c13-9(17)2-1-8(11(19)20)15-10(18)5-7-6-16-3-4-21-12(16)14-7/h3-4,6,8H,1-2,5H2,(H2,13,17)(H,15,18)(H,19,20)/t8-/m1/s1. The van der Waals surface area contributed by atoms with E-state index in [1.807, 2.05) is 11.6 Å². The summed E-state index contributed by atoms with van der Waals surface area (Å²) in [4.78, 5) is 38.5. The van der Waals surface area contributed by atoms with Crippen molar-refractivity contribution in [1.82, 2.24) is 14.7 Å². The van der Waals surface area contributed by atoms with E-state index in [2.05, 4.69) is 10.3 Å². The Labute approximate surface area is 123 Å². The number of nitrogens with two attached hydrogens (primary N) is 1. The van der Waals surface area contributed by atoms with Gasteiger partial charge in [0.05, 0.1) is 12.1 Å². The van der Waals surface area contributed by atoms with Gasteiger partial charge >= 0.3 is 5.97 Å². The molecular formula is C12H14N4O4S. The largest absolute Gasteiger partial charge is 0.480 e. The molecule has 0 aromatic carbocycles. The number of carboxylic acid groups (broad SMARTS) is 1. The van der Waals surface area contributed by atoms with Gasteiger partial charge in [0.2, 0.25) is 11.8 Å². The second kappa shape index (κ2) is 6.35. The minimum atomic E-state index is -1.20. The number of rotatable bonds is 7. The summed E-state index contributed by atoms with van der Waals surface area (Å²) in [6.07, 6.45) is 3.38. The third kappa shape index (κ3) is 4.02. The minimum absolute atomic E-state index is 0.0191. The van der Waals surface area contributed by atoms with Crippen LogP contribution in [0, 0.1) is 0 Å². The molecule has 0 saturated carbocycles.